The number of anilines is 1. The van der Waals surface area contributed by atoms with Crippen molar-refractivity contribution in [2.75, 3.05) is 5.32 Å². The zero-order valence-corrected chi connectivity index (χ0v) is 15.0. The Hall–Kier alpha value is -2.31. The monoisotopic (exact) mass is 374 g/mol. The Bertz CT molecular complexity index is 849. The van der Waals surface area contributed by atoms with E-state index in [0.717, 1.165) is 22.1 Å². The van der Waals surface area contributed by atoms with Crippen LogP contribution >= 0.6 is 23.4 Å². The molecular weight excluding hydrogens is 359 g/mol. The van der Waals surface area contributed by atoms with Crippen molar-refractivity contribution >= 4 is 39.4 Å². The van der Waals surface area contributed by atoms with E-state index in [1.165, 1.54) is 17.8 Å². The van der Waals surface area contributed by atoms with E-state index in [1.54, 1.807) is 18.3 Å². The van der Waals surface area contributed by atoms with Gasteiger partial charge in [-0.2, -0.15) is 4.99 Å². The van der Waals surface area contributed by atoms with Crippen LogP contribution in [0.1, 0.15) is 12.5 Å². The number of para-hydroxylation sites is 1. The fraction of sp³-hybridized carbons (Fsp3) is 0.111. The van der Waals surface area contributed by atoms with E-state index in [-0.39, 0.29) is 5.02 Å². The summed E-state index contributed by atoms with van der Waals surface area (Å²) in [6, 6.07) is 14.5. The Kier molecular flexibility index (Phi) is 5.73. The lowest BCUT2D eigenvalue weighted by atomic mass is 10.2. The molecule has 0 saturated carbocycles. The zero-order chi connectivity index (χ0) is 17.6. The number of nitrogens with one attached hydrogen (secondary N) is 2. The SMILES string of the molecule is CC(=CN=C1N=C(Nc2ccccc2)S1)NCc1ccc(F)c(Cl)c1. The van der Waals surface area contributed by atoms with Gasteiger partial charge in [0, 0.05) is 24.1 Å². The van der Waals surface area contributed by atoms with E-state index in [0.29, 0.717) is 11.7 Å². The second-order valence-corrected chi connectivity index (χ2v) is 6.70. The molecule has 1 aliphatic heterocycles. The molecule has 2 N–H and O–H groups in total. The molecular formula is C18H16ClFN4S. The molecule has 1 heterocycles. The quantitative estimate of drug-likeness (QED) is 0.774. The highest BCUT2D eigenvalue weighted by molar-refractivity contribution is 8.29. The summed E-state index contributed by atoms with van der Waals surface area (Å²) in [5, 5.41) is 8.05. The second kappa shape index (κ2) is 8.18. The van der Waals surface area contributed by atoms with Crippen molar-refractivity contribution in [1.82, 2.24) is 5.32 Å². The number of amidine groups is 2. The minimum atomic E-state index is -0.413. The maximum absolute atomic E-state index is 13.1. The fourth-order valence-corrected chi connectivity index (χ4v) is 2.81. The van der Waals surface area contributed by atoms with Gasteiger partial charge in [0.05, 0.1) is 5.02 Å². The van der Waals surface area contributed by atoms with Crippen molar-refractivity contribution in [2.45, 2.75) is 13.5 Å². The van der Waals surface area contributed by atoms with Gasteiger partial charge in [-0.1, -0.05) is 35.9 Å². The molecule has 128 valence electrons. The van der Waals surface area contributed by atoms with Gasteiger partial charge in [0.1, 0.15) is 5.82 Å². The molecule has 1 aliphatic rings. The lowest BCUT2D eigenvalue weighted by Crippen LogP contribution is -2.19. The Balaban J connectivity index is 1.50. The van der Waals surface area contributed by atoms with Crippen LogP contribution in [0.25, 0.3) is 0 Å². The van der Waals surface area contributed by atoms with Crippen molar-refractivity contribution in [3.8, 4) is 0 Å². The van der Waals surface area contributed by atoms with E-state index in [2.05, 4.69) is 20.6 Å². The molecule has 0 radical (unpaired) electrons. The normalized spacial score (nSPS) is 15.6. The number of hydrogen-bond donors (Lipinski definition) is 2. The molecule has 0 aliphatic carbocycles. The van der Waals surface area contributed by atoms with Crippen LogP contribution in [0.3, 0.4) is 0 Å². The highest BCUT2D eigenvalue weighted by Gasteiger charge is 2.16. The summed E-state index contributed by atoms with van der Waals surface area (Å²) in [6.07, 6.45) is 1.72. The molecule has 4 nitrogen and oxygen atoms in total. The van der Waals surface area contributed by atoms with Crippen LogP contribution in [-0.4, -0.2) is 10.3 Å². The molecule has 25 heavy (non-hydrogen) atoms. The summed E-state index contributed by atoms with van der Waals surface area (Å²) in [4.78, 5) is 8.62. The molecule has 0 bridgehead atoms. The van der Waals surface area contributed by atoms with Gasteiger partial charge >= 0.3 is 0 Å². The molecule has 2 aromatic carbocycles. The van der Waals surface area contributed by atoms with Gasteiger partial charge in [0.2, 0.25) is 0 Å². The summed E-state index contributed by atoms with van der Waals surface area (Å²) in [5.41, 5.74) is 2.78. The Morgan fingerprint density at radius 3 is 2.76 bits per heavy atom. The minimum Gasteiger partial charge on any atom is -0.383 e. The third-order valence-electron chi connectivity index (χ3n) is 3.33. The smallest absolute Gasteiger partial charge is 0.197 e. The summed E-state index contributed by atoms with van der Waals surface area (Å²) >= 11 is 7.25. The van der Waals surface area contributed by atoms with Crippen LogP contribution in [0.2, 0.25) is 5.02 Å². The van der Waals surface area contributed by atoms with Gasteiger partial charge in [-0.05, 0) is 48.5 Å². The van der Waals surface area contributed by atoms with Crippen LogP contribution in [0.15, 0.2) is 70.4 Å². The topological polar surface area (TPSA) is 48.8 Å². The third-order valence-corrected chi connectivity index (χ3v) is 4.39. The van der Waals surface area contributed by atoms with Crippen LogP contribution < -0.4 is 10.6 Å². The standard InChI is InChI=1S/C18H16ClFN4S/c1-12(21-11-13-7-8-16(20)15(19)9-13)10-22-17-24-18(25-17)23-14-5-3-2-4-6-14/h2-10,21H,11H2,1H3,(H,22,23,24). The molecule has 0 unspecified atom stereocenters. The average molecular weight is 375 g/mol. The molecule has 0 atom stereocenters. The number of rotatable bonds is 5. The van der Waals surface area contributed by atoms with Gasteiger partial charge in [0.15, 0.2) is 10.3 Å². The first kappa shape index (κ1) is 17.5. The lowest BCUT2D eigenvalue weighted by Gasteiger charge is -2.15. The number of thioether (sulfide) groups is 1. The van der Waals surface area contributed by atoms with Crippen LogP contribution in [0.4, 0.5) is 10.1 Å². The number of halogens is 2. The lowest BCUT2D eigenvalue weighted by molar-refractivity contribution is 0.627. The highest BCUT2D eigenvalue weighted by Crippen LogP contribution is 2.22. The molecule has 0 saturated heterocycles. The fourth-order valence-electron chi connectivity index (χ4n) is 2.02. The third kappa shape index (κ3) is 5.08. The predicted molar refractivity (Wildman–Crippen MR) is 105 cm³/mol. The summed E-state index contributed by atoms with van der Waals surface area (Å²) < 4.78 is 13.1. The number of hydrogen-bond acceptors (Lipinski definition) is 4. The molecule has 0 fully saturated rings. The van der Waals surface area contributed by atoms with Gasteiger partial charge in [-0.15, -0.1) is 0 Å². The maximum atomic E-state index is 13.1. The number of nitrogens with zero attached hydrogens (tertiary/aromatic N) is 2. The second-order valence-electron chi connectivity index (χ2n) is 5.34. The summed E-state index contributed by atoms with van der Waals surface area (Å²) in [7, 11) is 0. The maximum Gasteiger partial charge on any atom is 0.197 e. The van der Waals surface area contributed by atoms with Gasteiger partial charge in [-0.25, -0.2) is 9.38 Å². The van der Waals surface area contributed by atoms with E-state index < -0.39 is 5.82 Å². The van der Waals surface area contributed by atoms with E-state index in [9.17, 15) is 4.39 Å². The molecule has 0 aromatic heterocycles. The largest absolute Gasteiger partial charge is 0.383 e. The summed E-state index contributed by atoms with van der Waals surface area (Å²) in [5.74, 6) is -0.413. The Morgan fingerprint density at radius 1 is 1.28 bits per heavy atom. The van der Waals surface area contributed by atoms with Crippen molar-refractivity contribution < 1.29 is 4.39 Å². The van der Waals surface area contributed by atoms with Gasteiger partial charge in [-0.3, -0.25) is 0 Å². The van der Waals surface area contributed by atoms with Gasteiger partial charge in [0.25, 0.3) is 0 Å². The van der Waals surface area contributed by atoms with Crippen LogP contribution in [-0.2, 0) is 6.54 Å². The number of benzene rings is 2. The van der Waals surface area contributed by atoms with Crippen molar-refractivity contribution in [2.24, 2.45) is 9.98 Å². The summed E-state index contributed by atoms with van der Waals surface area (Å²) in [6.45, 7) is 2.45. The zero-order valence-electron chi connectivity index (χ0n) is 13.5. The molecule has 2 aromatic rings. The van der Waals surface area contributed by atoms with Crippen LogP contribution in [0, 0.1) is 5.82 Å². The van der Waals surface area contributed by atoms with Gasteiger partial charge < -0.3 is 10.6 Å². The van der Waals surface area contributed by atoms with Crippen molar-refractivity contribution in [3.05, 3.63) is 76.8 Å². The predicted octanol–water partition coefficient (Wildman–Crippen LogP) is 5.00. The van der Waals surface area contributed by atoms with E-state index in [4.69, 9.17) is 11.6 Å². The molecule has 0 amide bonds. The van der Waals surface area contributed by atoms with E-state index >= 15 is 0 Å². The first-order valence-corrected chi connectivity index (χ1v) is 8.80. The first-order chi connectivity index (χ1) is 12.1. The Labute approximate surface area is 154 Å². The molecule has 3 rings (SSSR count). The molecule has 0 spiro atoms. The van der Waals surface area contributed by atoms with Crippen LogP contribution in [0.5, 0.6) is 0 Å². The number of allylic oxidation sites excluding steroid dienone is 1. The molecule has 7 heteroatoms. The minimum absolute atomic E-state index is 0.125. The number of aliphatic imine (C=N–C) groups is 2. The van der Waals surface area contributed by atoms with Crippen molar-refractivity contribution in [1.29, 1.82) is 0 Å². The Morgan fingerprint density at radius 2 is 2.04 bits per heavy atom. The first-order valence-electron chi connectivity index (χ1n) is 7.61. The average Bonchev–Trinajstić information content (AvgIpc) is 2.58. The highest BCUT2D eigenvalue weighted by atomic mass is 35.5. The van der Waals surface area contributed by atoms with E-state index in [1.807, 2.05) is 37.3 Å². The van der Waals surface area contributed by atoms with Crippen molar-refractivity contribution in [3.63, 3.8) is 0 Å².